The van der Waals surface area contributed by atoms with Crippen LogP contribution >= 0.6 is 11.3 Å². The molecule has 0 amide bonds. The van der Waals surface area contributed by atoms with Crippen LogP contribution in [0.5, 0.6) is 11.5 Å². The van der Waals surface area contributed by atoms with Crippen molar-refractivity contribution in [3.05, 3.63) is 40.2 Å². The first-order valence-electron chi connectivity index (χ1n) is 7.95. The number of hydrogen-bond acceptors (Lipinski definition) is 8. The molecular formula is C17H17N5O3S. The van der Waals surface area contributed by atoms with Gasteiger partial charge in [-0.2, -0.15) is 9.61 Å². The number of methoxy groups -OCH3 is 2. The molecule has 3 aromatic heterocycles. The Kier molecular flexibility index (Phi) is 4.08. The fourth-order valence-electron chi connectivity index (χ4n) is 2.75. The SMILES string of the molecule is COc1cc(OC)cc(-c2nnc3sc(Cc4c(C)noc4C)nn23)c1. The quantitative estimate of drug-likeness (QED) is 0.533. The van der Waals surface area contributed by atoms with Crippen LogP contribution in [0.25, 0.3) is 16.3 Å². The van der Waals surface area contributed by atoms with E-state index in [4.69, 9.17) is 14.0 Å². The van der Waals surface area contributed by atoms with Gasteiger partial charge in [0, 0.05) is 23.6 Å². The van der Waals surface area contributed by atoms with Crippen LogP contribution in [0.3, 0.4) is 0 Å². The van der Waals surface area contributed by atoms with E-state index in [1.54, 1.807) is 18.7 Å². The summed E-state index contributed by atoms with van der Waals surface area (Å²) in [5, 5.41) is 18.1. The normalized spacial score (nSPS) is 11.2. The predicted molar refractivity (Wildman–Crippen MR) is 96.0 cm³/mol. The zero-order valence-corrected chi connectivity index (χ0v) is 15.6. The fourth-order valence-corrected chi connectivity index (χ4v) is 3.60. The largest absolute Gasteiger partial charge is 0.497 e. The van der Waals surface area contributed by atoms with Crippen molar-refractivity contribution in [2.45, 2.75) is 20.3 Å². The number of fused-ring (bicyclic) bond motifs is 1. The zero-order valence-electron chi connectivity index (χ0n) is 14.8. The first kappa shape index (κ1) is 16.5. The van der Waals surface area contributed by atoms with Crippen molar-refractivity contribution in [1.29, 1.82) is 0 Å². The molecule has 0 spiro atoms. The molecule has 9 heteroatoms. The van der Waals surface area contributed by atoms with Gasteiger partial charge in [0.15, 0.2) is 5.82 Å². The Balaban J connectivity index is 1.75. The van der Waals surface area contributed by atoms with Crippen LogP contribution in [0.1, 0.15) is 22.0 Å². The number of aryl methyl sites for hydroxylation is 2. The minimum absolute atomic E-state index is 0.637. The van der Waals surface area contributed by atoms with Crippen molar-refractivity contribution in [3.63, 3.8) is 0 Å². The van der Waals surface area contributed by atoms with Crippen LogP contribution in [0.15, 0.2) is 22.7 Å². The standard InChI is InChI=1S/C17H17N5O3S/c1-9-14(10(2)25-21-9)8-15-20-22-16(18-19-17(22)26-15)11-5-12(23-3)7-13(6-11)24-4/h5-7H,8H2,1-4H3. The molecule has 0 aliphatic heterocycles. The van der Waals surface area contributed by atoms with Crippen molar-refractivity contribution in [2.24, 2.45) is 0 Å². The number of hydrogen-bond donors (Lipinski definition) is 0. The Labute approximate surface area is 153 Å². The van der Waals surface area contributed by atoms with Gasteiger partial charge in [0.25, 0.3) is 0 Å². The van der Waals surface area contributed by atoms with E-state index in [-0.39, 0.29) is 0 Å². The van der Waals surface area contributed by atoms with Crippen LogP contribution in [0.2, 0.25) is 0 Å². The molecule has 3 heterocycles. The molecule has 1 aromatic carbocycles. The average Bonchev–Trinajstić information content (AvgIpc) is 3.31. The van der Waals surface area contributed by atoms with Crippen molar-refractivity contribution in [1.82, 2.24) is 25.0 Å². The van der Waals surface area contributed by atoms with E-state index in [1.165, 1.54) is 11.3 Å². The van der Waals surface area contributed by atoms with Crippen LogP contribution in [0.4, 0.5) is 0 Å². The highest BCUT2D eigenvalue weighted by atomic mass is 32.1. The Morgan fingerprint density at radius 2 is 1.81 bits per heavy atom. The van der Waals surface area contributed by atoms with Crippen LogP contribution in [-0.2, 0) is 6.42 Å². The molecule has 0 aliphatic carbocycles. The lowest BCUT2D eigenvalue weighted by Gasteiger charge is -2.06. The summed E-state index contributed by atoms with van der Waals surface area (Å²) < 4.78 is 17.6. The third kappa shape index (κ3) is 2.80. The van der Waals surface area contributed by atoms with Crippen LogP contribution < -0.4 is 9.47 Å². The third-order valence-electron chi connectivity index (χ3n) is 4.15. The highest BCUT2D eigenvalue weighted by Gasteiger charge is 2.17. The molecule has 0 unspecified atom stereocenters. The summed E-state index contributed by atoms with van der Waals surface area (Å²) in [6.07, 6.45) is 0.649. The maximum atomic E-state index is 5.34. The lowest BCUT2D eigenvalue weighted by Crippen LogP contribution is -1.96. The number of benzene rings is 1. The van der Waals surface area contributed by atoms with E-state index in [2.05, 4.69) is 20.5 Å². The van der Waals surface area contributed by atoms with Gasteiger partial charge >= 0.3 is 0 Å². The number of ether oxygens (including phenoxy) is 2. The van der Waals surface area contributed by atoms with Gasteiger partial charge in [-0.05, 0) is 26.0 Å². The van der Waals surface area contributed by atoms with Gasteiger partial charge in [-0.15, -0.1) is 10.2 Å². The molecule has 0 bridgehead atoms. The second kappa shape index (κ2) is 6.41. The lowest BCUT2D eigenvalue weighted by molar-refractivity contribution is 0.392. The summed E-state index contributed by atoms with van der Waals surface area (Å²) in [4.78, 5) is 0.726. The molecule has 0 radical (unpaired) electrons. The van der Waals surface area contributed by atoms with Crippen LogP contribution in [0, 0.1) is 13.8 Å². The molecule has 0 saturated heterocycles. The summed E-state index contributed by atoms with van der Waals surface area (Å²) >= 11 is 1.49. The maximum absolute atomic E-state index is 5.34. The van der Waals surface area contributed by atoms with Crippen molar-refractivity contribution in [2.75, 3.05) is 14.2 Å². The minimum atomic E-state index is 0.637. The van der Waals surface area contributed by atoms with Gasteiger partial charge < -0.3 is 14.0 Å². The Morgan fingerprint density at radius 1 is 1.08 bits per heavy atom. The number of nitrogens with zero attached hydrogens (tertiary/aromatic N) is 5. The fraction of sp³-hybridized carbons (Fsp3) is 0.294. The molecule has 0 saturated carbocycles. The Morgan fingerprint density at radius 3 is 2.42 bits per heavy atom. The van der Waals surface area contributed by atoms with Gasteiger partial charge in [-0.3, -0.25) is 0 Å². The summed E-state index contributed by atoms with van der Waals surface area (Å²) in [5.41, 5.74) is 2.76. The molecule has 0 N–H and O–H groups in total. The Bertz CT molecular complexity index is 1040. The van der Waals surface area contributed by atoms with Crippen LogP contribution in [-0.4, -0.2) is 39.2 Å². The molecule has 26 heavy (non-hydrogen) atoms. The van der Waals surface area contributed by atoms with Crippen molar-refractivity contribution >= 4 is 16.3 Å². The third-order valence-corrected chi connectivity index (χ3v) is 5.05. The van der Waals surface area contributed by atoms with Crippen molar-refractivity contribution < 1.29 is 14.0 Å². The first-order chi connectivity index (χ1) is 12.6. The van der Waals surface area contributed by atoms with E-state index in [0.29, 0.717) is 23.7 Å². The predicted octanol–water partition coefficient (Wildman–Crippen LogP) is 3.07. The van der Waals surface area contributed by atoms with E-state index in [0.717, 1.165) is 32.5 Å². The number of rotatable bonds is 5. The Hall–Kier alpha value is -2.94. The highest BCUT2D eigenvalue weighted by Crippen LogP contribution is 2.30. The topological polar surface area (TPSA) is 87.6 Å². The lowest BCUT2D eigenvalue weighted by atomic mass is 10.1. The second-order valence-electron chi connectivity index (χ2n) is 5.79. The molecule has 0 aliphatic rings. The van der Waals surface area contributed by atoms with E-state index in [1.807, 2.05) is 32.0 Å². The van der Waals surface area contributed by atoms with Gasteiger partial charge in [-0.1, -0.05) is 16.5 Å². The summed E-state index contributed by atoms with van der Waals surface area (Å²) in [5.74, 6) is 2.81. The average molecular weight is 371 g/mol. The van der Waals surface area contributed by atoms with E-state index < -0.39 is 0 Å². The smallest absolute Gasteiger partial charge is 0.234 e. The highest BCUT2D eigenvalue weighted by molar-refractivity contribution is 7.16. The second-order valence-corrected chi connectivity index (χ2v) is 6.84. The molecule has 0 atom stereocenters. The maximum Gasteiger partial charge on any atom is 0.234 e. The van der Waals surface area contributed by atoms with E-state index in [9.17, 15) is 0 Å². The van der Waals surface area contributed by atoms with E-state index >= 15 is 0 Å². The summed E-state index contributed by atoms with van der Waals surface area (Å²) in [6.45, 7) is 3.84. The van der Waals surface area contributed by atoms with Gasteiger partial charge in [0.05, 0.1) is 19.9 Å². The number of aromatic nitrogens is 5. The molecule has 4 rings (SSSR count). The monoisotopic (exact) mass is 371 g/mol. The summed E-state index contributed by atoms with van der Waals surface area (Å²) in [6, 6.07) is 5.57. The molecule has 134 valence electrons. The molecule has 8 nitrogen and oxygen atoms in total. The molecular weight excluding hydrogens is 354 g/mol. The van der Waals surface area contributed by atoms with Gasteiger partial charge in [0.1, 0.15) is 22.3 Å². The van der Waals surface area contributed by atoms with Crippen molar-refractivity contribution in [3.8, 4) is 22.9 Å². The van der Waals surface area contributed by atoms with Gasteiger partial charge in [-0.25, -0.2) is 0 Å². The molecule has 4 aromatic rings. The molecule has 0 fully saturated rings. The van der Waals surface area contributed by atoms with Gasteiger partial charge in [0.2, 0.25) is 4.96 Å². The minimum Gasteiger partial charge on any atom is -0.497 e. The summed E-state index contributed by atoms with van der Waals surface area (Å²) in [7, 11) is 3.23. The first-order valence-corrected chi connectivity index (χ1v) is 8.77. The zero-order chi connectivity index (χ0) is 18.3.